The molecule has 0 fully saturated rings. The van der Waals surface area contributed by atoms with Gasteiger partial charge in [-0.2, -0.15) is 0 Å². The van der Waals surface area contributed by atoms with Crippen molar-refractivity contribution < 1.29 is 28.8 Å². The lowest BCUT2D eigenvalue weighted by Gasteiger charge is -2.15. The summed E-state index contributed by atoms with van der Waals surface area (Å²) >= 11 is 0. The highest BCUT2D eigenvalue weighted by Crippen LogP contribution is 2.29. The van der Waals surface area contributed by atoms with Gasteiger partial charge in [-0.15, -0.1) is 0 Å². The van der Waals surface area contributed by atoms with Crippen molar-refractivity contribution in [3.63, 3.8) is 0 Å². The van der Waals surface area contributed by atoms with Crippen molar-refractivity contribution in [2.24, 2.45) is 5.16 Å². The Morgan fingerprint density at radius 3 is 2.59 bits per heavy atom. The van der Waals surface area contributed by atoms with Crippen LogP contribution in [0.4, 0.5) is 5.69 Å². The molecule has 32 heavy (non-hydrogen) atoms. The van der Waals surface area contributed by atoms with Crippen LogP contribution in [0.25, 0.3) is 0 Å². The molecular formula is C22H27N3O7. The van der Waals surface area contributed by atoms with Crippen LogP contribution >= 0.6 is 0 Å². The van der Waals surface area contributed by atoms with Crippen LogP contribution in [-0.4, -0.2) is 49.0 Å². The van der Waals surface area contributed by atoms with E-state index >= 15 is 0 Å². The number of ether oxygens (including phenoxy) is 3. The summed E-state index contributed by atoms with van der Waals surface area (Å²) in [5.74, 6) is -0.240. The zero-order valence-electron chi connectivity index (χ0n) is 18.4. The van der Waals surface area contributed by atoms with Crippen molar-refractivity contribution in [2.75, 3.05) is 27.4 Å². The van der Waals surface area contributed by atoms with Gasteiger partial charge in [0.05, 0.1) is 17.1 Å². The van der Waals surface area contributed by atoms with Gasteiger partial charge < -0.3 is 19.0 Å². The van der Waals surface area contributed by atoms with Gasteiger partial charge in [-0.1, -0.05) is 5.16 Å². The number of benzene rings is 1. The van der Waals surface area contributed by atoms with Crippen LogP contribution in [0.15, 0.2) is 47.9 Å². The third-order valence-corrected chi connectivity index (χ3v) is 4.44. The number of esters is 1. The normalized spacial score (nSPS) is 11.4. The van der Waals surface area contributed by atoms with Crippen LogP contribution < -0.4 is 0 Å². The molecule has 0 saturated carbocycles. The minimum absolute atomic E-state index is 0.132. The van der Waals surface area contributed by atoms with E-state index in [4.69, 9.17) is 19.0 Å². The number of rotatable bonds is 13. The van der Waals surface area contributed by atoms with Gasteiger partial charge in [-0.3, -0.25) is 19.9 Å². The van der Waals surface area contributed by atoms with Gasteiger partial charge in [0.1, 0.15) is 12.3 Å². The fourth-order valence-electron chi connectivity index (χ4n) is 2.96. The van der Waals surface area contributed by atoms with Gasteiger partial charge in [-0.05, 0) is 44.0 Å². The number of hydrogen-bond acceptors (Lipinski definition) is 9. The summed E-state index contributed by atoms with van der Waals surface area (Å²) in [6, 6.07) is 8.11. The lowest BCUT2D eigenvalue weighted by molar-refractivity contribution is -0.387. The maximum Gasteiger partial charge on any atom is 0.305 e. The molecule has 1 aromatic carbocycles. The van der Waals surface area contributed by atoms with Crippen molar-refractivity contribution in [1.29, 1.82) is 0 Å². The lowest BCUT2D eigenvalue weighted by Crippen LogP contribution is -2.11. The highest BCUT2D eigenvalue weighted by Gasteiger charge is 2.24. The molecule has 2 rings (SSSR count). The van der Waals surface area contributed by atoms with E-state index in [0.717, 1.165) is 0 Å². The first-order valence-corrected chi connectivity index (χ1v) is 10.1. The van der Waals surface area contributed by atoms with Gasteiger partial charge in [0, 0.05) is 50.2 Å². The molecule has 0 aliphatic carbocycles. The predicted octanol–water partition coefficient (Wildman–Crippen LogP) is 3.78. The van der Waals surface area contributed by atoms with Crippen molar-refractivity contribution in [3.05, 3.63) is 69.5 Å². The Hall–Kier alpha value is -3.37. The number of pyridine rings is 1. The topological polar surface area (TPSA) is 122 Å². The van der Waals surface area contributed by atoms with Crippen LogP contribution in [-0.2, 0) is 23.8 Å². The first-order chi connectivity index (χ1) is 15.5. The second-order valence-corrected chi connectivity index (χ2v) is 6.61. The molecule has 0 saturated heterocycles. The Bertz CT molecular complexity index is 915. The fourth-order valence-corrected chi connectivity index (χ4v) is 2.96. The fraction of sp³-hybridized carbons (Fsp3) is 0.409. The molecule has 0 spiro atoms. The molecule has 172 valence electrons. The molecule has 10 nitrogen and oxygen atoms in total. The summed E-state index contributed by atoms with van der Waals surface area (Å²) in [4.78, 5) is 32.0. The molecule has 0 N–H and O–H groups in total. The largest absolute Gasteiger partial charge is 0.466 e. The number of carbonyl (C=O) groups excluding carboxylic acids is 1. The lowest BCUT2D eigenvalue weighted by atomic mass is 10.0. The Labute approximate surface area is 186 Å². The minimum atomic E-state index is -0.922. The number of carbonyl (C=O) groups is 1. The first kappa shape index (κ1) is 24.9. The second kappa shape index (κ2) is 13.1. The number of methoxy groups -OCH3 is 2. The molecule has 0 aliphatic heterocycles. The molecule has 0 aliphatic rings. The highest BCUT2D eigenvalue weighted by molar-refractivity contribution is 6.12. The predicted molar refractivity (Wildman–Crippen MR) is 116 cm³/mol. The molecule has 0 bridgehead atoms. The Balaban J connectivity index is 2.26. The summed E-state index contributed by atoms with van der Waals surface area (Å²) < 4.78 is 15.4. The van der Waals surface area contributed by atoms with Crippen LogP contribution in [0.2, 0.25) is 0 Å². The smallest absolute Gasteiger partial charge is 0.305 e. The summed E-state index contributed by atoms with van der Waals surface area (Å²) in [6.07, 6.45) is 3.87. The van der Waals surface area contributed by atoms with Gasteiger partial charge in [0.15, 0.2) is 6.29 Å². The van der Waals surface area contributed by atoms with Crippen LogP contribution in [0.5, 0.6) is 0 Å². The number of oxime groups is 1. The number of nitro benzene ring substituents is 1. The molecule has 2 aromatic rings. The maximum absolute atomic E-state index is 11.5. The number of unbranched alkanes of at least 4 members (excludes halogenated alkanes) is 1. The van der Waals surface area contributed by atoms with E-state index in [1.165, 1.54) is 20.3 Å². The van der Waals surface area contributed by atoms with Gasteiger partial charge >= 0.3 is 5.97 Å². The summed E-state index contributed by atoms with van der Waals surface area (Å²) in [7, 11) is 2.81. The zero-order valence-corrected chi connectivity index (χ0v) is 18.4. The van der Waals surface area contributed by atoms with Crippen molar-refractivity contribution >= 4 is 17.4 Å². The van der Waals surface area contributed by atoms with E-state index in [1.807, 2.05) is 0 Å². The highest BCUT2D eigenvalue weighted by atomic mass is 16.7. The zero-order chi connectivity index (χ0) is 23.3. The number of nitrogens with zero attached hydrogens (tertiary/aromatic N) is 3. The molecule has 0 atom stereocenters. The minimum Gasteiger partial charge on any atom is -0.466 e. The quantitative estimate of drug-likeness (QED) is 0.114. The molecule has 0 unspecified atom stereocenters. The van der Waals surface area contributed by atoms with E-state index < -0.39 is 11.2 Å². The van der Waals surface area contributed by atoms with Crippen molar-refractivity contribution in [1.82, 2.24) is 4.98 Å². The number of aromatic nitrogens is 1. The second-order valence-electron chi connectivity index (χ2n) is 6.61. The SMILES string of the molecule is CCOC(=O)CCCCON=C(c1cccnc1)c1ccc([N+](=O)[O-])c(C(OC)OC)c1. The van der Waals surface area contributed by atoms with Crippen LogP contribution in [0.3, 0.4) is 0 Å². The average Bonchev–Trinajstić information content (AvgIpc) is 2.80. The van der Waals surface area contributed by atoms with Crippen molar-refractivity contribution in [3.8, 4) is 0 Å². The summed E-state index contributed by atoms with van der Waals surface area (Å²) in [6.45, 7) is 2.42. The van der Waals surface area contributed by atoms with Gasteiger partial charge in [-0.25, -0.2) is 0 Å². The third-order valence-electron chi connectivity index (χ3n) is 4.44. The molecule has 10 heteroatoms. The van der Waals surface area contributed by atoms with Crippen LogP contribution in [0.1, 0.15) is 49.2 Å². The van der Waals surface area contributed by atoms with E-state index in [2.05, 4.69) is 10.1 Å². The number of hydrogen-bond donors (Lipinski definition) is 0. The summed E-state index contributed by atoms with van der Waals surface area (Å²) in [5.41, 5.74) is 1.82. The third kappa shape index (κ3) is 7.10. The Morgan fingerprint density at radius 2 is 1.97 bits per heavy atom. The van der Waals surface area contributed by atoms with Gasteiger partial charge in [0.25, 0.3) is 5.69 Å². The maximum atomic E-state index is 11.5. The average molecular weight is 445 g/mol. The summed E-state index contributed by atoms with van der Waals surface area (Å²) in [5, 5.41) is 15.7. The standard InChI is InChI=1S/C22H27N3O7/c1-4-31-20(26)9-5-6-13-32-24-21(17-8-7-12-23-15-17)16-10-11-19(25(27)28)18(14-16)22(29-2)30-3/h7-8,10-12,14-15,22H,4-6,9,13H2,1-3H3. The molecule has 1 aromatic heterocycles. The molecular weight excluding hydrogens is 418 g/mol. The van der Waals surface area contributed by atoms with E-state index in [9.17, 15) is 14.9 Å². The monoisotopic (exact) mass is 445 g/mol. The number of nitro groups is 1. The first-order valence-electron chi connectivity index (χ1n) is 10.1. The van der Waals surface area contributed by atoms with E-state index in [1.54, 1.807) is 43.6 Å². The Morgan fingerprint density at radius 1 is 1.19 bits per heavy atom. The van der Waals surface area contributed by atoms with Gasteiger partial charge in [0.2, 0.25) is 0 Å². The molecule has 1 heterocycles. The molecule has 0 amide bonds. The van der Waals surface area contributed by atoms with Crippen molar-refractivity contribution in [2.45, 2.75) is 32.5 Å². The van der Waals surface area contributed by atoms with Crippen LogP contribution in [0, 0.1) is 10.1 Å². The van der Waals surface area contributed by atoms with E-state index in [0.29, 0.717) is 49.3 Å². The Kier molecular flexibility index (Phi) is 10.2. The van der Waals surface area contributed by atoms with E-state index in [-0.39, 0.29) is 17.2 Å². The molecule has 0 radical (unpaired) electrons.